The molecule has 1 saturated heterocycles. The molecule has 2 aliphatic rings. The van der Waals surface area contributed by atoms with Crippen molar-refractivity contribution < 1.29 is 49.5 Å². The minimum atomic E-state index is -5.16. The number of carbonyl (C=O) groups is 2. The molecule has 9 nitrogen and oxygen atoms in total. The molecule has 1 amide bonds. The second-order valence-electron chi connectivity index (χ2n) is 8.72. The first-order valence-corrected chi connectivity index (χ1v) is 12.0. The van der Waals surface area contributed by atoms with Gasteiger partial charge in [0.05, 0.1) is 15.7 Å². The Bertz CT molecular complexity index is 1330. The fourth-order valence-corrected chi connectivity index (χ4v) is 6.25. The number of rotatable bonds is 5. The van der Waals surface area contributed by atoms with Crippen molar-refractivity contribution in [3.8, 4) is 5.69 Å². The van der Waals surface area contributed by atoms with Gasteiger partial charge in [-0.25, -0.2) is 13.2 Å². The molecule has 36 heavy (non-hydrogen) atoms. The zero-order valence-corrected chi connectivity index (χ0v) is 19.2. The summed E-state index contributed by atoms with van der Waals surface area (Å²) >= 11 is 0. The van der Waals surface area contributed by atoms with Crippen molar-refractivity contribution in [1.29, 1.82) is 0 Å². The summed E-state index contributed by atoms with van der Waals surface area (Å²) in [5.41, 5.74) is -4.47. The molecule has 0 bridgehead atoms. The van der Waals surface area contributed by atoms with Crippen LogP contribution >= 0.6 is 0 Å². The molecule has 1 aromatic carbocycles. The fraction of sp³-hybridized carbons (Fsp3) is 0.500. The maximum Gasteiger partial charge on any atom is 0.417 e. The molecule has 16 heteroatoms. The monoisotopic (exact) mass is 540 g/mol. The Balaban J connectivity index is 1.73. The summed E-state index contributed by atoms with van der Waals surface area (Å²) in [7, 11) is -4.94. The number of aryl methyl sites for hydroxylation is 1. The zero-order chi connectivity index (χ0) is 26.8. The Labute approximate surface area is 199 Å². The van der Waals surface area contributed by atoms with E-state index in [1.54, 1.807) is 0 Å². The lowest BCUT2D eigenvalue weighted by Crippen LogP contribution is -2.48. The van der Waals surface area contributed by atoms with Gasteiger partial charge in [0.15, 0.2) is 9.84 Å². The number of carboxylic acid groups (broad SMARTS) is 1. The lowest BCUT2D eigenvalue weighted by atomic mass is 10.0. The largest absolute Gasteiger partial charge is 0.480 e. The zero-order valence-electron chi connectivity index (χ0n) is 18.3. The molecule has 2 aromatic rings. The second kappa shape index (κ2) is 8.18. The summed E-state index contributed by atoms with van der Waals surface area (Å²) in [4.78, 5) is 23.5. The summed E-state index contributed by atoms with van der Waals surface area (Å²) < 4.78 is 110. The van der Waals surface area contributed by atoms with Crippen molar-refractivity contribution >= 4 is 21.7 Å². The molecule has 0 radical (unpaired) electrons. The van der Waals surface area contributed by atoms with Crippen molar-refractivity contribution in [3.05, 3.63) is 35.9 Å². The first-order valence-electron chi connectivity index (χ1n) is 10.4. The Morgan fingerprint density at radius 3 is 2.25 bits per heavy atom. The molecule has 1 saturated carbocycles. The molecule has 0 unspecified atom stereocenters. The van der Waals surface area contributed by atoms with Gasteiger partial charge in [0.2, 0.25) is 5.91 Å². The quantitative estimate of drug-likeness (QED) is 0.579. The molecule has 1 aliphatic heterocycles. The summed E-state index contributed by atoms with van der Waals surface area (Å²) in [6, 6.07) is 0.364. The standard InChI is InChI=1S/C20H18F6N4O5S/c1-10-28-27-9-30(10)11-2-3-15(13(6-11)19(21,22)23)36(34,35)12-7-14(16(31)32)29(8-12)17(33)18(4-5-18)20(24,25)26/h2-3,6,9,12,14H,4-5,7-8H2,1H3,(H,31,32)/t12-,14+/m1/s1. The number of halogens is 6. The van der Waals surface area contributed by atoms with Gasteiger partial charge in [-0.15, -0.1) is 10.2 Å². The highest BCUT2D eigenvalue weighted by molar-refractivity contribution is 7.92. The maximum atomic E-state index is 13.9. The number of sulfone groups is 1. The first-order chi connectivity index (χ1) is 16.5. The summed E-state index contributed by atoms with van der Waals surface area (Å²) in [6.07, 6.45) is -11.1. The highest BCUT2D eigenvalue weighted by Crippen LogP contribution is 2.59. The lowest BCUT2D eigenvalue weighted by Gasteiger charge is -2.28. The number of amides is 1. The van der Waals surface area contributed by atoms with Gasteiger partial charge in [0.25, 0.3) is 0 Å². The molecule has 0 spiro atoms. The van der Waals surface area contributed by atoms with Crippen LogP contribution in [0.2, 0.25) is 0 Å². The van der Waals surface area contributed by atoms with Gasteiger partial charge in [0, 0.05) is 12.2 Å². The van der Waals surface area contributed by atoms with Crippen molar-refractivity contribution in [2.45, 2.75) is 54.7 Å². The third-order valence-electron chi connectivity index (χ3n) is 6.52. The van der Waals surface area contributed by atoms with Gasteiger partial charge in [0.1, 0.15) is 23.6 Å². The van der Waals surface area contributed by atoms with Gasteiger partial charge < -0.3 is 10.0 Å². The van der Waals surface area contributed by atoms with Gasteiger partial charge in [-0.2, -0.15) is 26.3 Å². The molecular formula is C20H18F6N4O5S. The normalized spacial score (nSPS) is 22.0. The van der Waals surface area contributed by atoms with Gasteiger partial charge >= 0.3 is 18.3 Å². The predicted octanol–water partition coefficient (Wildman–Crippen LogP) is 2.76. The Kier molecular flexibility index (Phi) is 5.88. The van der Waals surface area contributed by atoms with E-state index < -0.39 is 87.0 Å². The molecular weight excluding hydrogens is 522 g/mol. The van der Waals surface area contributed by atoms with Gasteiger partial charge in [-0.3, -0.25) is 9.36 Å². The van der Waals surface area contributed by atoms with E-state index in [-0.39, 0.29) is 11.5 Å². The number of carbonyl (C=O) groups excluding carboxylic acids is 1. The van der Waals surface area contributed by atoms with Crippen LogP contribution in [0.25, 0.3) is 5.69 Å². The highest BCUT2D eigenvalue weighted by Gasteiger charge is 2.70. The number of carboxylic acids is 1. The van der Waals surface area contributed by atoms with Crippen LogP contribution in [0.15, 0.2) is 29.4 Å². The number of likely N-dealkylation sites (tertiary alicyclic amines) is 1. The van der Waals surface area contributed by atoms with E-state index in [1.807, 2.05) is 0 Å². The van der Waals surface area contributed by atoms with E-state index in [4.69, 9.17) is 0 Å². The number of hydrogen-bond acceptors (Lipinski definition) is 6. The van der Waals surface area contributed by atoms with Crippen LogP contribution < -0.4 is 0 Å². The van der Waals surface area contributed by atoms with Crippen LogP contribution in [-0.4, -0.2) is 69.1 Å². The second-order valence-corrected chi connectivity index (χ2v) is 10.9. The Hall–Kier alpha value is -3.17. The minimum absolute atomic E-state index is 0.101. The Morgan fingerprint density at radius 2 is 1.78 bits per heavy atom. The molecule has 1 N–H and O–H groups in total. The van der Waals surface area contributed by atoms with Crippen LogP contribution in [-0.2, 0) is 25.6 Å². The predicted molar refractivity (Wildman–Crippen MR) is 108 cm³/mol. The van der Waals surface area contributed by atoms with Gasteiger partial charge in [-0.05, 0) is 44.4 Å². The van der Waals surface area contributed by atoms with E-state index in [1.165, 1.54) is 11.5 Å². The molecule has 2 fully saturated rings. The molecule has 1 aromatic heterocycles. The van der Waals surface area contributed by atoms with Crippen LogP contribution in [0.5, 0.6) is 0 Å². The smallest absolute Gasteiger partial charge is 0.417 e. The highest BCUT2D eigenvalue weighted by atomic mass is 32.2. The number of hydrogen-bond donors (Lipinski definition) is 1. The lowest BCUT2D eigenvalue weighted by molar-refractivity contribution is -0.199. The van der Waals surface area contributed by atoms with Crippen LogP contribution in [0.3, 0.4) is 0 Å². The summed E-state index contributed by atoms with van der Waals surface area (Å²) in [6.45, 7) is 0.466. The number of nitrogens with zero attached hydrogens (tertiary/aromatic N) is 4. The van der Waals surface area contributed by atoms with E-state index in [0.717, 1.165) is 12.4 Å². The van der Waals surface area contributed by atoms with Crippen molar-refractivity contribution in [1.82, 2.24) is 19.7 Å². The average Bonchev–Trinajstić information content (AvgIpc) is 3.29. The number of benzene rings is 1. The van der Waals surface area contributed by atoms with Crippen LogP contribution in [0.1, 0.15) is 30.7 Å². The topological polar surface area (TPSA) is 122 Å². The molecule has 196 valence electrons. The molecule has 2 atom stereocenters. The molecule has 4 rings (SSSR count). The van der Waals surface area contributed by atoms with E-state index in [2.05, 4.69) is 10.2 Å². The molecule has 1 aliphatic carbocycles. The minimum Gasteiger partial charge on any atom is -0.480 e. The van der Waals surface area contributed by atoms with E-state index >= 15 is 0 Å². The van der Waals surface area contributed by atoms with Crippen molar-refractivity contribution in [2.75, 3.05) is 6.54 Å². The summed E-state index contributed by atoms with van der Waals surface area (Å²) in [5.74, 6) is -3.13. The van der Waals surface area contributed by atoms with E-state index in [9.17, 15) is 49.5 Å². The first kappa shape index (κ1) is 25.9. The number of aliphatic carboxylic acids is 1. The fourth-order valence-electron chi connectivity index (χ4n) is 4.36. The van der Waals surface area contributed by atoms with Crippen LogP contribution in [0, 0.1) is 12.3 Å². The van der Waals surface area contributed by atoms with Crippen molar-refractivity contribution in [3.63, 3.8) is 0 Å². The van der Waals surface area contributed by atoms with Gasteiger partial charge in [-0.1, -0.05) is 0 Å². The molecule has 2 heterocycles. The third-order valence-corrected chi connectivity index (χ3v) is 8.71. The number of aromatic nitrogens is 3. The van der Waals surface area contributed by atoms with Crippen LogP contribution in [0.4, 0.5) is 26.3 Å². The SMILES string of the molecule is Cc1nncn1-c1ccc(S(=O)(=O)[C@@H]2C[C@@H](C(=O)O)N(C(=O)C3(C(F)(F)F)CC3)C2)c(C(F)(F)F)c1. The number of alkyl halides is 6. The average molecular weight is 540 g/mol. The summed E-state index contributed by atoms with van der Waals surface area (Å²) in [5, 5.41) is 14.8. The maximum absolute atomic E-state index is 13.9. The Morgan fingerprint density at radius 1 is 1.14 bits per heavy atom. The third kappa shape index (κ3) is 4.10. The van der Waals surface area contributed by atoms with Crippen molar-refractivity contribution in [2.24, 2.45) is 5.41 Å². The van der Waals surface area contributed by atoms with E-state index in [0.29, 0.717) is 17.0 Å².